The monoisotopic (exact) mass is 266 g/mol. The first-order chi connectivity index (χ1) is 9.11. The second-order valence-corrected chi connectivity index (χ2v) is 5.11. The van der Waals surface area contributed by atoms with Crippen molar-refractivity contribution in [1.82, 2.24) is 20.0 Å². The fourth-order valence-electron chi connectivity index (χ4n) is 2.61. The Bertz CT molecular complexity index is 444. The molecule has 0 bridgehead atoms. The largest absolute Gasteiger partial charge is 0.478 e. The highest BCUT2D eigenvalue weighted by molar-refractivity contribution is 5.88. The number of aromatic nitrogens is 2. The van der Waals surface area contributed by atoms with Crippen molar-refractivity contribution in [2.45, 2.75) is 19.9 Å². The quantitative estimate of drug-likeness (QED) is 0.787. The fraction of sp³-hybridized carbons (Fsp3) is 0.692. The van der Waals surface area contributed by atoms with Crippen LogP contribution in [-0.4, -0.2) is 51.9 Å². The molecule has 6 nitrogen and oxygen atoms in total. The third-order valence-corrected chi connectivity index (χ3v) is 3.83. The van der Waals surface area contributed by atoms with Gasteiger partial charge in [0.25, 0.3) is 0 Å². The number of rotatable bonds is 6. The molecule has 1 aromatic heterocycles. The van der Waals surface area contributed by atoms with Crippen molar-refractivity contribution < 1.29 is 9.90 Å². The number of aryl methyl sites for hydroxylation is 1. The molecule has 106 valence electrons. The number of nitrogens with zero attached hydrogens (tertiary/aromatic N) is 3. The number of likely N-dealkylation sites (tertiary alicyclic amines) is 1. The van der Waals surface area contributed by atoms with Crippen molar-refractivity contribution in [3.63, 3.8) is 0 Å². The molecule has 2 rings (SSSR count). The maximum atomic E-state index is 11.0. The van der Waals surface area contributed by atoms with Crippen molar-refractivity contribution in [2.24, 2.45) is 13.0 Å². The van der Waals surface area contributed by atoms with Crippen LogP contribution in [0.1, 0.15) is 29.4 Å². The number of carboxylic acid groups (broad SMARTS) is 1. The van der Waals surface area contributed by atoms with Gasteiger partial charge in [0.2, 0.25) is 0 Å². The molecule has 1 aliphatic rings. The zero-order valence-electron chi connectivity index (χ0n) is 11.6. The normalized spacial score (nSPS) is 20.0. The molecule has 0 saturated carbocycles. The van der Waals surface area contributed by atoms with Gasteiger partial charge in [0.15, 0.2) is 0 Å². The third kappa shape index (κ3) is 3.33. The van der Waals surface area contributed by atoms with E-state index >= 15 is 0 Å². The van der Waals surface area contributed by atoms with Gasteiger partial charge in [0.05, 0.1) is 11.9 Å². The Balaban J connectivity index is 1.83. The highest BCUT2D eigenvalue weighted by atomic mass is 16.4. The van der Waals surface area contributed by atoms with E-state index in [2.05, 4.69) is 22.2 Å². The van der Waals surface area contributed by atoms with Crippen LogP contribution < -0.4 is 5.32 Å². The van der Waals surface area contributed by atoms with Gasteiger partial charge in [0.1, 0.15) is 5.56 Å². The molecule has 2 N–H and O–H groups in total. The highest BCUT2D eigenvalue weighted by Gasteiger charge is 2.21. The Morgan fingerprint density at radius 1 is 1.63 bits per heavy atom. The van der Waals surface area contributed by atoms with Crippen LogP contribution in [0.3, 0.4) is 0 Å². The number of hydrogen-bond donors (Lipinski definition) is 2. The van der Waals surface area contributed by atoms with Crippen LogP contribution in [0.25, 0.3) is 0 Å². The van der Waals surface area contributed by atoms with Crippen molar-refractivity contribution in [3.05, 3.63) is 17.5 Å². The topological polar surface area (TPSA) is 70.4 Å². The lowest BCUT2D eigenvalue weighted by molar-refractivity contribution is 0.0695. The van der Waals surface area contributed by atoms with Gasteiger partial charge in [0, 0.05) is 20.1 Å². The summed E-state index contributed by atoms with van der Waals surface area (Å²) in [5.74, 6) is -0.246. The Morgan fingerprint density at radius 3 is 3.05 bits per heavy atom. The predicted molar refractivity (Wildman–Crippen MR) is 72.1 cm³/mol. The lowest BCUT2D eigenvalue weighted by Crippen LogP contribution is -2.27. The van der Waals surface area contributed by atoms with Gasteiger partial charge in [-0.1, -0.05) is 6.92 Å². The molecular weight excluding hydrogens is 244 g/mol. The van der Waals surface area contributed by atoms with Crippen LogP contribution in [0, 0.1) is 5.92 Å². The predicted octanol–water partition coefficient (Wildman–Crippen LogP) is 0.550. The van der Waals surface area contributed by atoms with E-state index in [4.69, 9.17) is 5.11 Å². The summed E-state index contributed by atoms with van der Waals surface area (Å²) in [6.07, 6.45) is 2.63. The summed E-state index contributed by atoms with van der Waals surface area (Å²) in [6, 6.07) is 0. The summed E-state index contributed by atoms with van der Waals surface area (Å²) >= 11 is 0. The fourth-order valence-corrected chi connectivity index (χ4v) is 2.61. The number of nitrogens with one attached hydrogen (secondary N) is 1. The number of carbonyl (C=O) groups is 1. The smallest absolute Gasteiger partial charge is 0.339 e. The van der Waals surface area contributed by atoms with Crippen molar-refractivity contribution in [3.8, 4) is 0 Å². The molecule has 1 fully saturated rings. The standard InChI is InChI=1S/C13H22N4O2/c1-3-17-5-4-10(9-17)6-14-8-12-11(13(18)19)7-15-16(12)2/h7,10,14H,3-6,8-9H2,1-2H3,(H,18,19). The Labute approximate surface area is 113 Å². The van der Waals surface area contributed by atoms with Crippen LogP contribution in [0.2, 0.25) is 0 Å². The van der Waals surface area contributed by atoms with Crippen molar-refractivity contribution in [2.75, 3.05) is 26.2 Å². The van der Waals surface area contributed by atoms with E-state index in [-0.39, 0.29) is 5.56 Å². The van der Waals surface area contributed by atoms with Crippen molar-refractivity contribution in [1.29, 1.82) is 0 Å². The summed E-state index contributed by atoms with van der Waals surface area (Å²) in [4.78, 5) is 13.5. The van der Waals surface area contributed by atoms with E-state index in [0.29, 0.717) is 12.5 Å². The van der Waals surface area contributed by atoms with Gasteiger partial charge in [-0.05, 0) is 32.0 Å². The van der Waals surface area contributed by atoms with Gasteiger partial charge in [-0.15, -0.1) is 0 Å². The minimum Gasteiger partial charge on any atom is -0.478 e. The van der Waals surface area contributed by atoms with E-state index in [1.165, 1.54) is 19.2 Å². The van der Waals surface area contributed by atoms with Gasteiger partial charge >= 0.3 is 5.97 Å². The van der Waals surface area contributed by atoms with E-state index < -0.39 is 5.97 Å². The molecule has 1 unspecified atom stereocenters. The van der Waals surface area contributed by atoms with Crippen molar-refractivity contribution >= 4 is 5.97 Å². The first-order valence-corrected chi connectivity index (χ1v) is 6.79. The Hall–Kier alpha value is -1.40. The van der Waals surface area contributed by atoms with E-state index in [1.54, 1.807) is 11.7 Å². The summed E-state index contributed by atoms with van der Waals surface area (Å²) in [5.41, 5.74) is 1.02. The van der Waals surface area contributed by atoms with Gasteiger partial charge in [-0.25, -0.2) is 4.79 Å². The Morgan fingerprint density at radius 2 is 2.42 bits per heavy atom. The van der Waals surface area contributed by atoms with Crippen LogP contribution >= 0.6 is 0 Å². The lowest BCUT2D eigenvalue weighted by atomic mass is 10.1. The number of aromatic carboxylic acids is 1. The summed E-state index contributed by atoms with van der Waals surface area (Å²) < 4.78 is 1.63. The average molecular weight is 266 g/mol. The minimum atomic E-state index is -0.914. The van der Waals surface area contributed by atoms with Crippen LogP contribution in [0.5, 0.6) is 0 Å². The molecule has 6 heteroatoms. The third-order valence-electron chi connectivity index (χ3n) is 3.83. The number of carboxylic acids is 1. The van der Waals surface area contributed by atoms with Crippen LogP contribution in [0.15, 0.2) is 6.20 Å². The second-order valence-electron chi connectivity index (χ2n) is 5.11. The molecule has 1 aliphatic heterocycles. The van der Waals surface area contributed by atoms with Crippen LogP contribution in [0.4, 0.5) is 0 Å². The first kappa shape index (κ1) is 14.0. The highest BCUT2D eigenvalue weighted by Crippen LogP contribution is 2.15. The summed E-state index contributed by atoms with van der Waals surface area (Å²) in [6.45, 7) is 7.10. The summed E-state index contributed by atoms with van der Waals surface area (Å²) in [5, 5.41) is 16.4. The summed E-state index contributed by atoms with van der Waals surface area (Å²) in [7, 11) is 1.78. The number of hydrogen-bond acceptors (Lipinski definition) is 4. The van der Waals surface area contributed by atoms with Gasteiger partial charge in [-0.3, -0.25) is 4.68 Å². The second kappa shape index (κ2) is 6.16. The molecule has 0 amide bonds. The zero-order chi connectivity index (χ0) is 13.8. The van der Waals surface area contributed by atoms with E-state index in [9.17, 15) is 4.79 Å². The molecular formula is C13H22N4O2. The molecule has 0 spiro atoms. The Kier molecular flexibility index (Phi) is 4.55. The molecule has 0 radical (unpaired) electrons. The van der Waals surface area contributed by atoms with Gasteiger partial charge < -0.3 is 15.3 Å². The van der Waals surface area contributed by atoms with E-state index in [1.807, 2.05) is 0 Å². The molecule has 19 heavy (non-hydrogen) atoms. The first-order valence-electron chi connectivity index (χ1n) is 6.79. The lowest BCUT2D eigenvalue weighted by Gasteiger charge is -2.14. The molecule has 1 saturated heterocycles. The molecule has 0 aliphatic carbocycles. The molecule has 1 atom stereocenters. The molecule has 1 aromatic rings. The maximum Gasteiger partial charge on any atom is 0.339 e. The maximum absolute atomic E-state index is 11.0. The minimum absolute atomic E-state index is 0.289. The SMILES string of the molecule is CCN1CCC(CNCc2c(C(=O)O)cnn2C)C1. The van der Waals surface area contributed by atoms with Gasteiger partial charge in [-0.2, -0.15) is 5.10 Å². The molecule has 2 heterocycles. The average Bonchev–Trinajstić information content (AvgIpc) is 2.97. The molecule has 0 aromatic carbocycles. The van der Waals surface area contributed by atoms with Crippen LogP contribution in [-0.2, 0) is 13.6 Å². The zero-order valence-corrected chi connectivity index (χ0v) is 11.6. The van der Waals surface area contributed by atoms with E-state index in [0.717, 1.165) is 25.3 Å².